The van der Waals surface area contributed by atoms with Gasteiger partial charge < -0.3 is 15.3 Å². The van der Waals surface area contributed by atoms with E-state index in [0.717, 1.165) is 38.9 Å². The Kier molecular flexibility index (Phi) is 6.80. The summed E-state index contributed by atoms with van der Waals surface area (Å²) in [5.74, 6) is 0.137. The first-order valence-corrected chi connectivity index (χ1v) is 8.42. The first-order valence-electron chi connectivity index (χ1n) is 8.42. The van der Waals surface area contributed by atoms with Gasteiger partial charge in [-0.3, -0.25) is 0 Å². The van der Waals surface area contributed by atoms with E-state index in [1.807, 2.05) is 12.1 Å². The summed E-state index contributed by atoms with van der Waals surface area (Å²) >= 11 is 0. The fourth-order valence-electron chi connectivity index (χ4n) is 2.96. The van der Waals surface area contributed by atoms with E-state index < -0.39 is 0 Å². The van der Waals surface area contributed by atoms with Gasteiger partial charge in [0.15, 0.2) is 0 Å². The Balaban J connectivity index is 1.67. The molecular formula is C18H29FN2O. The van der Waals surface area contributed by atoms with Crippen molar-refractivity contribution < 1.29 is 9.50 Å². The van der Waals surface area contributed by atoms with Crippen LogP contribution in [-0.2, 0) is 6.42 Å². The number of hydrogen-bond acceptors (Lipinski definition) is 3. The van der Waals surface area contributed by atoms with Crippen molar-refractivity contribution in [1.82, 2.24) is 10.2 Å². The van der Waals surface area contributed by atoms with E-state index in [2.05, 4.69) is 24.1 Å². The molecule has 1 aliphatic heterocycles. The van der Waals surface area contributed by atoms with E-state index in [-0.39, 0.29) is 12.4 Å². The standard InChI is InChI=1S/C18H29FN2O/c1-14(13-22)15(2)20-18-8-11-21(12-9-18)10-7-16-3-5-17(19)6-4-16/h3-6,14-15,18,20,22H,7-13H2,1-2H3. The van der Waals surface area contributed by atoms with Crippen LogP contribution in [0.2, 0.25) is 0 Å². The minimum absolute atomic E-state index is 0.165. The van der Waals surface area contributed by atoms with Crippen molar-refractivity contribution in [2.75, 3.05) is 26.2 Å². The van der Waals surface area contributed by atoms with Gasteiger partial charge in [0.2, 0.25) is 0 Å². The number of hydrogen-bond donors (Lipinski definition) is 2. The van der Waals surface area contributed by atoms with E-state index in [0.29, 0.717) is 18.0 Å². The lowest BCUT2D eigenvalue weighted by atomic mass is 9.99. The number of likely N-dealkylation sites (tertiary alicyclic amines) is 1. The summed E-state index contributed by atoms with van der Waals surface area (Å²) in [6.45, 7) is 7.74. The van der Waals surface area contributed by atoms with Crippen LogP contribution in [0.4, 0.5) is 4.39 Å². The first kappa shape index (κ1) is 17.4. The highest BCUT2D eigenvalue weighted by Gasteiger charge is 2.21. The van der Waals surface area contributed by atoms with E-state index in [4.69, 9.17) is 0 Å². The van der Waals surface area contributed by atoms with Gasteiger partial charge in [0.05, 0.1) is 0 Å². The van der Waals surface area contributed by atoms with E-state index in [1.165, 1.54) is 17.7 Å². The molecule has 0 aliphatic carbocycles. The lowest BCUT2D eigenvalue weighted by Gasteiger charge is -2.35. The predicted molar refractivity (Wildman–Crippen MR) is 88.4 cm³/mol. The van der Waals surface area contributed by atoms with Crippen LogP contribution in [0.5, 0.6) is 0 Å². The smallest absolute Gasteiger partial charge is 0.123 e. The quantitative estimate of drug-likeness (QED) is 0.812. The second-order valence-electron chi connectivity index (χ2n) is 6.61. The van der Waals surface area contributed by atoms with Gasteiger partial charge in [-0.1, -0.05) is 19.1 Å². The molecule has 0 amide bonds. The second-order valence-corrected chi connectivity index (χ2v) is 6.61. The molecule has 1 saturated heterocycles. The summed E-state index contributed by atoms with van der Waals surface area (Å²) in [6, 6.07) is 7.75. The number of rotatable bonds is 7. The van der Waals surface area contributed by atoms with E-state index in [9.17, 15) is 9.50 Å². The largest absolute Gasteiger partial charge is 0.396 e. The SMILES string of the molecule is CC(CO)C(C)NC1CCN(CCc2ccc(F)cc2)CC1. The van der Waals surface area contributed by atoms with Gasteiger partial charge in [0.25, 0.3) is 0 Å². The molecule has 2 unspecified atom stereocenters. The molecule has 2 atom stereocenters. The number of benzene rings is 1. The van der Waals surface area contributed by atoms with Crippen molar-refractivity contribution in [2.24, 2.45) is 5.92 Å². The fraction of sp³-hybridized carbons (Fsp3) is 0.667. The maximum Gasteiger partial charge on any atom is 0.123 e. The third kappa shape index (κ3) is 5.34. The molecule has 1 aliphatic rings. The molecule has 3 nitrogen and oxygen atoms in total. The average Bonchev–Trinajstić information content (AvgIpc) is 2.55. The third-order valence-electron chi connectivity index (χ3n) is 4.86. The molecule has 124 valence electrons. The van der Waals surface area contributed by atoms with Crippen molar-refractivity contribution in [2.45, 2.75) is 45.2 Å². The number of aliphatic hydroxyl groups excluding tert-OH is 1. The molecule has 2 N–H and O–H groups in total. The Bertz CT molecular complexity index is 429. The molecule has 0 aromatic heterocycles. The molecule has 1 fully saturated rings. The van der Waals surface area contributed by atoms with Crippen LogP contribution in [0.15, 0.2) is 24.3 Å². The lowest BCUT2D eigenvalue weighted by Crippen LogP contribution is -2.47. The summed E-state index contributed by atoms with van der Waals surface area (Å²) < 4.78 is 12.9. The number of piperidine rings is 1. The second kappa shape index (κ2) is 8.61. The Hall–Kier alpha value is -0.970. The summed E-state index contributed by atoms with van der Waals surface area (Å²) in [6.07, 6.45) is 3.30. The van der Waals surface area contributed by atoms with Gasteiger partial charge in [0, 0.05) is 25.2 Å². The van der Waals surface area contributed by atoms with Crippen LogP contribution in [0, 0.1) is 11.7 Å². The molecule has 1 aromatic carbocycles. The van der Waals surface area contributed by atoms with Crippen molar-refractivity contribution in [1.29, 1.82) is 0 Å². The van der Waals surface area contributed by atoms with Crippen LogP contribution in [0.25, 0.3) is 0 Å². The zero-order chi connectivity index (χ0) is 15.9. The molecule has 0 radical (unpaired) electrons. The van der Waals surface area contributed by atoms with Gasteiger partial charge >= 0.3 is 0 Å². The van der Waals surface area contributed by atoms with Gasteiger partial charge in [-0.2, -0.15) is 0 Å². The van der Waals surface area contributed by atoms with Crippen LogP contribution in [-0.4, -0.2) is 48.3 Å². The first-order chi connectivity index (χ1) is 10.6. The Morgan fingerprint density at radius 2 is 1.86 bits per heavy atom. The topological polar surface area (TPSA) is 35.5 Å². The minimum Gasteiger partial charge on any atom is -0.396 e. The highest BCUT2D eigenvalue weighted by molar-refractivity contribution is 5.16. The number of nitrogens with one attached hydrogen (secondary N) is 1. The van der Waals surface area contributed by atoms with Crippen LogP contribution in [0.1, 0.15) is 32.3 Å². The minimum atomic E-state index is -0.165. The molecule has 1 aromatic rings. The van der Waals surface area contributed by atoms with Gasteiger partial charge in [0.1, 0.15) is 5.82 Å². The third-order valence-corrected chi connectivity index (χ3v) is 4.86. The van der Waals surface area contributed by atoms with Crippen LogP contribution in [0.3, 0.4) is 0 Å². The van der Waals surface area contributed by atoms with Crippen LogP contribution < -0.4 is 5.32 Å². The average molecular weight is 308 g/mol. The highest BCUT2D eigenvalue weighted by Crippen LogP contribution is 2.14. The van der Waals surface area contributed by atoms with Crippen molar-refractivity contribution in [3.8, 4) is 0 Å². The molecule has 0 saturated carbocycles. The summed E-state index contributed by atoms with van der Waals surface area (Å²) in [4.78, 5) is 2.49. The molecular weight excluding hydrogens is 279 g/mol. The molecule has 0 spiro atoms. The Morgan fingerprint density at radius 3 is 2.45 bits per heavy atom. The Morgan fingerprint density at radius 1 is 1.23 bits per heavy atom. The molecule has 2 rings (SSSR count). The summed E-state index contributed by atoms with van der Waals surface area (Å²) in [7, 11) is 0. The maximum absolute atomic E-state index is 12.9. The molecule has 1 heterocycles. The van der Waals surface area contributed by atoms with E-state index >= 15 is 0 Å². The zero-order valence-electron chi connectivity index (χ0n) is 13.8. The number of halogens is 1. The highest BCUT2D eigenvalue weighted by atomic mass is 19.1. The van der Waals surface area contributed by atoms with Crippen LogP contribution >= 0.6 is 0 Å². The van der Waals surface area contributed by atoms with Gasteiger partial charge in [-0.15, -0.1) is 0 Å². The monoisotopic (exact) mass is 308 g/mol. The number of nitrogens with zero attached hydrogens (tertiary/aromatic N) is 1. The van der Waals surface area contributed by atoms with Crippen molar-refractivity contribution in [3.63, 3.8) is 0 Å². The molecule has 0 bridgehead atoms. The maximum atomic E-state index is 12.9. The normalized spacial score (nSPS) is 20.0. The van der Waals surface area contributed by atoms with Gasteiger partial charge in [-0.25, -0.2) is 4.39 Å². The lowest BCUT2D eigenvalue weighted by molar-refractivity contribution is 0.166. The van der Waals surface area contributed by atoms with Crippen molar-refractivity contribution in [3.05, 3.63) is 35.6 Å². The summed E-state index contributed by atoms with van der Waals surface area (Å²) in [5.41, 5.74) is 1.20. The predicted octanol–water partition coefficient (Wildman–Crippen LogP) is 2.44. The number of aliphatic hydroxyl groups is 1. The Labute approximate surface area is 133 Å². The fourth-order valence-corrected chi connectivity index (χ4v) is 2.96. The molecule has 22 heavy (non-hydrogen) atoms. The van der Waals surface area contributed by atoms with E-state index in [1.54, 1.807) is 0 Å². The summed E-state index contributed by atoms with van der Waals surface area (Å²) in [5, 5.41) is 12.8. The van der Waals surface area contributed by atoms with Gasteiger partial charge in [-0.05, 0) is 62.9 Å². The zero-order valence-corrected chi connectivity index (χ0v) is 13.8. The van der Waals surface area contributed by atoms with Crippen molar-refractivity contribution >= 4 is 0 Å². The molecule has 4 heteroatoms.